The summed E-state index contributed by atoms with van der Waals surface area (Å²) in [4.78, 5) is 20.1. The molecule has 0 fully saturated rings. The van der Waals surface area contributed by atoms with E-state index in [1.807, 2.05) is 84.9 Å². The van der Waals surface area contributed by atoms with Gasteiger partial charge in [0.25, 0.3) is 0 Å². The minimum atomic E-state index is -0.366. The highest BCUT2D eigenvalue weighted by Gasteiger charge is 2.36. The fraction of sp³-hybridized carbons (Fsp3) is 0.0877. The fourth-order valence-corrected chi connectivity index (χ4v) is 8.90. The number of hydrogen-bond donors (Lipinski definition) is 1. The summed E-state index contributed by atoms with van der Waals surface area (Å²) in [7, 11) is 0. The highest BCUT2D eigenvalue weighted by atomic mass is 15.2. The van der Waals surface area contributed by atoms with Crippen molar-refractivity contribution in [1.29, 1.82) is 0 Å². The molecule has 0 bridgehead atoms. The molecule has 0 spiro atoms. The van der Waals surface area contributed by atoms with Crippen molar-refractivity contribution >= 4 is 23.3 Å². The molecule has 8 aromatic rings. The average Bonchev–Trinajstić information content (AvgIpc) is 3.59. The predicted molar refractivity (Wildman–Crippen MR) is 259 cm³/mol. The van der Waals surface area contributed by atoms with Crippen molar-refractivity contribution in [2.45, 2.75) is 31.6 Å². The van der Waals surface area contributed by atoms with E-state index in [1.165, 1.54) is 33.4 Å². The fourth-order valence-electron chi connectivity index (χ4n) is 8.90. The van der Waals surface area contributed by atoms with Gasteiger partial charge in [-0.25, -0.2) is 9.98 Å². The molecule has 0 amide bonds. The molecule has 1 unspecified atom stereocenters. The van der Waals surface area contributed by atoms with Crippen molar-refractivity contribution in [3.05, 3.63) is 256 Å². The maximum atomic E-state index is 5.07. The van der Waals surface area contributed by atoms with Crippen LogP contribution in [0.1, 0.15) is 70.7 Å². The minimum absolute atomic E-state index is 0.188. The first-order valence-electron chi connectivity index (χ1n) is 21.5. The molecule has 2 aliphatic heterocycles. The van der Waals surface area contributed by atoms with Crippen molar-refractivity contribution in [2.24, 2.45) is 20.0 Å². The van der Waals surface area contributed by atoms with E-state index in [2.05, 4.69) is 140 Å². The second kappa shape index (κ2) is 15.8. The van der Waals surface area contributed by atoms with E-state index in [0.29, 0.717) is 11.7 Å². The van der Waals surface area contributed by atoms with Gasteiger partial charge < -0.3 is 15.6 Å². The molecule has 0 aromatic heterocycles. The van der Waals surface area contributed by atoms with Gasteiger partial charge in [-0.3, -0.25) is 4.99 Å². The van der Waals surface area contributed by atoms with Crippen molar-refractivity contribution < 1.29 is 0 Å². The van der Waals surface area contributed by atoms with Crippen molar-refractivity contribution in [3.63, 3.8) is 0 Å². The van der Waals surface area contributed by atoms with Crippen LogP contribution in [-0.2, 0) is 5.41 Å². The maximum Gasteiger partial charge on any atom is 0.169 e. The lowest BCUT2D eigenvalue weighted by molar-refractivity contribution is 0.661. The van der Waals surface area contributed by atoms with Crippen LogP contribution in [0.5, 0.6) is 0 Å². The first-order valence-corrected chi connectivity index (χ1v) is 21.5. The quantitative estimate of drug-likeness (QED) is 0.163. The van der Waals surface area contributed by atoms with E-state index in [9.17, 15) is 0 Å². The topological polar surface area (TPSA) is 75.6 Å². The molecule has 3 aliphatic rings. The third-order valence-corrected chi connectivity index (χ3v) is 12.4. The molecule has 8 aromatic carbocycles. The van der Waals surface area contributed by atoms with Crippen LogP contribution in [0.25, 0.3) is 38.7 Å². The third-order valence-electron chi connectivity index (χ3n) is 12.4. The Morgan fingerprint density at radius 1 is 0.413 bits per heavy atom. The number of fused-ring (bicyclic) bond motifs is 3. The van der Waals surface area contributed by atoms with Crippen LogP contribution in [0.4, 0.5) is 0 Å². The number of aliphatic imine (C=N–C) groups is 4. The van der Waals surface area contributed by atoms with Crippen LogP contribution in [0, 0.1) is 0 Å². The number of hydrogen-bond acceptors (Lipinski definition) is 5. The van der Waals surface area contributed by atoms with Gasteiger partial charge in [-0.2, -0.15) is 0 Å². The van der Waals surface area contributed by atoms with Gasteiger partial charge in [0.15, 0.2) is 6.17 Å². The molecule has 63 heavy (non-hydrogen) atoms. The summed E-state index contributed by atoms with van der Waals surface area (Å²) in [6.45, 7) is 4.69. The molecule has 302 valence electrons. The van der Waals surface area contributed by atoms with E-state index in [-0.39, 0.29) is 17.7 Å². The van der Waals surface area contributed by atoms with Gasteiger partial charge in [-0.1, -0.05) is 214 Å². The lowest BCUT2D eigenvalue weighted by Crippen LogP contribution is -2.35. The number of benzene rings is 8. The third kappa shape index (κ3) is 7.25. The van der Waals surface area contributed by atoms with Gasteiger partial charge in [-0.05, 0) is 78.9 Å². The van der Waals surface area contributed by atoms with Gasteiger partial charge in [0.05, 0.1) is 12.0 Å². The first-order chi connectivity index (χ1) is 30.9. The van der Waals surface area contributed by atoms with E-state index in [1.54, 1.807) is 0 Å². The molecule has 11 rings (SSSR count). The maximum absolute atomic E-state index is 5.07. The van der Waals surface area contributed by atoms with Crippen LogP contribution < -0.4 is 5.32 Å². The van der Waals surface area contributed by atoms with Crippen LogP contribution in [-0.4, -0.2) is 23.3 Å². The monoisotopic (exact) mass is 811 g/mol. The highest BCUT2D eigenvalue weighted by molar-refractivity contribution is 6.19. The van der Waals surface area contributed by atoms with Crippen molar-refractivity contribution in [3.8, 4) is 33.4 Å². The Hall–Kier alpha value is -7.96. The summed E-state index contributed by atoms with van der Waals surface area (Å²) in [5.41, 5.74) is 15.8. The summed E-state index contributed by atoms with van der Waals surface area (Å²) < 4.78 is 0. The molecule has 1 atom stereocenters. The molecule has 2 heterocycles. The second-order valence-electron chi connectivity index (χ2n) is 16.7. The molecule has 1 aliphatic carbocycles. The number of amidine groups is 4. The molecule has 0 radical (unpaired) electrons. The molecule has 0 saturated heterocycles. The van der Waals surface area contributed by atoms with E-state index < -0.39 is 0 Å². The first kappa shape index (κ1) is 38.0. The zero-order valence-electron chi connectivity index (χ0n) is 35.0. The number of nitrogens with zero attached hydrogens (tertiary/aromatic N) is 5. The zero-order chi connectivity index (χ0) is 42.3. The summed E-state index contributed by atoms with van der Waals surface area (Å²) in [5.74, 6) is 3.00. The Bertz CT molecular complexity index is 3040. The Morgan fingerprint density at radius 2 is 0.857 bits per heavy atom. The Labute approximate surface area is 368 Å². The summed E-state index contributed by atoms with van der Waals surface area (Å²) in [6.07, 6.45) is -0.727. The van der Waals surface area contributed by atoms with Gasteiger partial charge in [0.1, 0.15) is 11.7 Å². The van der Waals surface area contributed by atoms with Crippen LogP contribution in [0.2, 0.25) is 0 Å². The molecular weight excluding hydrogens is 769 g/mol. The molecule has 1 N–H and O–H groups in total. The Balaban J connectivity index is 0.857. The smallest absolute Gasteiger partial charge is 0.169 e. The number of nitrogens with one attached hydrogen (secondary N) is 1. The standard InChI is InChI=1S/C57H43N6/c1-57(2)49-35-45(37-23-27-43(28-24-37)55-60-51(39-15-7-3-8-16-39)58-52(61-55)40-17-9-4-10-18-40)31-33-47(49)48-34-32-46(36-50(48)57)38-25-29-44(30-26-38)56-62-53(41-19-11-5-12-20-41)59-54(63-56)42-21-13-6-14-22-42/h3-36,51,56H,1-2H3,(H-,58,59,60,61,62,63)/q-1. The van der Waals surface area contributed by atoms with Gasteiger partial charge in [0, 0.05) is 16.5 Å². The predicted octanol–water partition coefficient (Wildman–Crippen LogP) is 13.1. The van der Waals surface area contributed by atoms with Gasteiger partial charge in [0.2, 0.25) is 0 Å². The van der Waals surface area contributed by atoms with Gasteiger partial charge >= 0.3 is 0 Å². The Morgan fingerprint density at radius 3 is 1.38 bits per heavy atom. The summed E-state index contributed by atoms with van der Waals surface area (Å²) in [6, 6.07) is 72.1. The molecule has 6 heteroatoms. The Kier molecular flexibility index (Phi) is 9.54. The van der Waals surface area contributed by atoms with Crippen LogP contribution >= 0.6 is 0 Å². The number of rotatable bonds is 8. The van der Waals surface area contributed by atoms with E-state index >= 15 is 0 Å². The normalized spacial score (nSPS) is 16.3. The van der Waals surface area contributed by atoms with Gasteiger partial charge in [-0.15, -0.1) is 0 Å². The lowest BCUT2D eigenvalue weighted by atomic mass is 9.81. The minimum Gasteiger partial charge on any atom is -0.438 e. The summed E-state index contributed by atoms with van der Waals surface area (Å²) >= 11 is 0. The lowest BCUT2D eigenvalue weighted by Gasteiger charge is -2.32. The zero-order valence-corrected chi connectivity index (χ0v) is 35.0. The molecular formula is C57H43N6-. The van der Waals surface area contributed by atoms with Crippen LogP contribution in [0.15, 0.2) is 226 Å². The van der Waals surface area contributed by atoms with Crippen molar-refractivity contribution in [2.75, 3.05) is 0 Å². The molecule has 6 nitrogen and oxygen atoms in total. The largest absolute Gasteiger partial charge is 0.438 e. The molecule has 0 saturated carbocycles. The summed E-state index contributed by atoms with van der Waals surface area (Å²) in [5, 5.41) is 8.44. The average molecular weight is 812 g/mol. The highest BCUT2D eigenvalue weighted by Crippen LogP contribution is 2.50. The second-order valence-corrected chi connectivity index (χ2v) is 16.7. The van der Waals surface area contributed by atoms with Crippen LogP contribution in [0.3, 0.4) is 0 Å². The van der Waals surface area contributed by atoms with E-state index in [4.69, 9.17) is 25.3 Å². The van der Waals surface area contributed by atoms with E-state index in [0.717, 1.165) is 56.2 Å². The van der Waals surface area contributed by atoms with Crippen molar-refractivity contribution in [1.82, 2.24) is 5.32 Å². The SMILES string of the molecule is CC1(C)c2cc(-c3ccc(C4=NC(c5ccccc5)[N-]C(c5ccccc5)=N4)cc3)ccc2-c2ccc(-c3ccc(C4N=C(c5ccccc5)NC(c5ccccc5)=N4)cc3)cc21.